The fourth-order valence-electron chi connectivity index (χ4n) is 0.596. The van der Waals surface area contributed by atoms with Crippen LogP contribution in [0.25, 0.3) is 0 Å². The average Bonchev–Trinajstić information content (AvgIpc) is 2.19. The van der Waals surface area contributed by atoms with Gasteiger partial charge in [0.25, 0.3) is 0 Å². The Kier molecular flexibility index (Phi) is 6.56. The number of benzene rings is 1. The molecule has 0 aromatic heterocycles. The number of hydrogen-bond donors (Lipinski definition) is 0. The van der Waals surface area contributed by atoms with Gasteiger partial charge in [-0.1, -0.05) is 30.3 Å². The molecule has 0 aliphatic rings. The van der Waals surface area contributed by atoms with E-state index in [1.165, 1.54) is 5.56 Å². The van der Waals surface area contributed by atoms with E-state index in [0.29, 0.717) is 0 Å². The molecule has 80 valence electrons. The molecule has 1 rings (SSSR count). The zero-order chi connectivity index (χ0) is 11.0. The fourth-order valence-corrected chi connectivity index (χ4v) is 0.832. The van der Waals surface area contributed by atoms with Gasteiger partial charge in [-0.15, -0.1) is 0 Å². The third-order valence-electron chi connectivity index (χ3n) is 1.25. The molecule has 0 bridgehead atoms. The maximum absolute atomic E-state index is 9.22. The first-order chi connectivity index (χ1) is 6.49. The highest BCUT2D eigenvalue weighted by Gasteiger charge is 1.85. The summed E-state index contributed by atoms with van der Waals surface area (Å²) in [5, 5.41) is 0. The molecule has 0 N–H and O–H groups in total. The molecule has 0 atom stereocenters. The second-order valence-electron chi connectivity index (χ2n) is 2.24. The van der Waals surface area contributed by atoms with Gasteiger partial charge >= 0.3 is 0 Å². The molecule has 0 aliphatic heterocycles. The van der Waals surface area contributed by atoms with Crippen LogP contribution in [0.1, 0.15) is 5.56 Å². The molecular weight excluding hydrogens is 224 g/mol. The van der Waals surface area contributed by atoms with E-state index in [1.807, 2.05) is 18.2 Å². The van der Waals surface area contributed by atoms with Crippen LogP contribution in [0.3, 0.4) is 0 Å². The van der Waals surface area contributed by atoms with Crippen molar-refractivity contribution in [2.24, 2.45) is 0 Å². The molecule has 0 saturated carbocycles. The Balaban J connectivity index is 0.000000255. The Bertz CT molecular complexity index is 334. The molecular formula is C8H12O4S2. The molecule has 6 heteroatoms. The summed E-state index contributed by atoms with van der Waals surface area (Å²) in [7, 11) is -3.60. The molecule has 1 aromatic carbocycles. The van der Waals surface area contributed by atoms with Gasteiger partial charge in [-0.05, 0) is 12.6 Å². The summed E-state index contributed by atoms with van der Waals surface area (Å²) in [6.45, 7) is 0. The largest absolute Gasteiger partial charge is 0.726 e. The van der Waals surface area contributed by atoms with Crippen molar-refractivity contribution in [3.8, 4) is 0 Å². The van der Waals surface area contributed by atoms with Gasteiger partial charge in [-0.25, -0.2) is 8.42 Å². The Morgan fingerprint density at radius 1 is 1.36 bits per heavy atom. The van der Waals surface area contributed by atoms with Crippen molar-refractivity contribution in [2.45, 2.75) is 5.75 Å². The van der Waals surface area contributed by atoms with E-state index in [-0.39, 0.29) is 0 Å². The molecule has 0 fully saturated rings. The lowest BCUT2D eigenvalue weighted by molar-refractivity contribution is 0.314. The molecule has 4 nitrogen and oxygen atoms in total. The van der Waals surface area contributed by atoms with Gasteiger partial charge in [0.05, 0.1) is 7.11 Å². The number of rotatable bonds is 2. The normalized spacial score (nSPS) is 10.2. The van der Waals surface area contributed by atoms with Gasteiger partial charge in [-0.3, -0.25) is 4.18 Å². The van der Waals surface area contributed by atoms with Gasteiger partial charge in [-0.2, -0.15) is 0 Å². The third kappa shape index (κ3) is 8.06. The summed E-state index contributed by atoms with van der Waals surface area (Å²) < 4.78 is 31.0. The van der Waals surface area contributed by atoms with E-state index in [4.69, 9.17) is 0 Å². The molecule has 14 heavy (non-hydrogen) atoms. The van der Waals surface area contributed by atoms with Crippen LogP contribution >= 0.6 is 0 Å². The first-order valence-corrected chi connectivity index (χ1v) is 5.73. The van der Waals surface area contributed by atoms with Crippen molar-refractivity contribution >= 4 is 23.0 Å². The van der Waals surface area contributed by atoms with Crippen LogP contribution in [0.5, 0.6) is 0 Å². The van der Waals surface area contributed by atoms with Crippen molar-refractivity contribution in [3.63, 3.8) is 0 Å². The van der Waals surface area contributed by atoms with Crippen LogP contribution in [0.2, 0.25) is 0 Å². The average molecular weight is 236 g/mol. The molecule has 1 aromatic rings. The van der Waals surface area contributed by atoms with E-state index in [0.717, 1.165) is 12.9 Å². The minimum atomic E-state index is -4.41. The van der Waals surface area contributed by atoms with Crippen molar-refractivity contribution in [1.29, 1.82) is 0 Å². The Morgan fingerprint density at radius 3 is 2.00 bits per heavy atom. The van der Waals surface area contributed by atoms with Crippen molar-refractivity contribution < 1.29 is 17.2 Å². The van der Waals surface area contributed by atoms with Crippen LogP contribution in [0.4, 0.5) is 0 Å². The molecule has 0 radical (unpaired) electrons. The topological polar surface area (TPSA) is 66.4 Å². The van der Waals surface area contributed by atoms with Crippen LogP contribution in [0.15, 0.2) is 30.3 Å². The Morgan fingerprint density at radius 2 is 1.79 bits per heavy atom. The molecule has 0 saturated heterocycles. The lowest BCUT2D eigenvalue weighted by atomic mass is 10.2. The van der Waals surface area contributed by atoms with Crippen molar-refractivity contribution in [3.05, 3.63) is 35.9 Å². The zero-order valence-electron chi connectivity index (χ0n) is 7.64. The lowest BCUT2D eigenvalue weighted by Crippen LogP contribution is -1.97. The third-order valence-corrected chi connectivity index (χ3v) is 2.07. The first kappa shape index (κ1) is 13.4. The van der Waals surface area contributed by atoms with Crippen LogP contribution in [-0.2, 0) is 33.0 Å². The maximum Gasteiger partial charge on any atom is 0.217 e. The molecule has 0 spiro atoms. The van der Waals surface area contributed by atoms with E-state index < -0.39 is 10.4 Å². The SMILES string of the molecule is COS(=O)(=O)[O-].[SH2+]Cc1ccccc1. The van der Waals surface area contributed by atoms with Gasteiger partial charge in [0.15, 0.2) is 0 Å². The van der Waals surface area contributed by atoms with Gasteiger partial charge in [0.2, 0.25) is 10.4 Å². The fraction of sp³-hybridized carbons (Fsp3) is 0.250. The van der Waals surface area contributed by atoms with Crippen molar-refractivity contribution in [1.82, 2.24) is 0 Å². The predicted octanol–water partition coefficient (Wildman–Crippen LogP) is 0.291. The van der Waals surface area contributed by atoms with Crippen LogP contribution in [-0.4, -0.2) is 20.1 Å². The first-order valence-electron chi connectivity index (χ1n) is 3.69. The smallest absolute Gasteiger partial charge is 0.217 e. The van der Waals surface area contributed by atoms with Gasteiger partial charge in [0.1, 0.15) is 5.75 Å². The quantitative estimate of drug-likeness (QED) is 0.420. The summed E-state index contributed by atoms with van der Waals surface area (Å²) in [5.74, 6) is 0.945. The summed E-state index contributed by atoms with van der Waals surface area (Å²) in [5.41, 5.74) is 1.32. The molecule has 0 aliphatic carbocycles. The van der Waals surface area contributed by atoms with E-state index in [2.05, 4.69) is 28.9 Å². The minimum absolute atomic E-state index is 0.808. The molecule has 0 amide bonds. The summed E-state index contributed by atoms with van der Waals surface area (Å²) in [6.07, 6.45) is 0. The Labute approximate surface area is 89.3 Å². The van der Waals surface area contributed by atoms with Gasteiger partial charge < -0.3 is 4.55 Å². The molecule has 0 unspecified atom stereocenters. The zero-order valence-corrected chi connectivity index (χ0v) is 9.45. The maximum atomic E-state index is 9.22. The summed E-state index contributed by atoms with van der Waals surface area (Å²) in [6, 6.07) is 10.3. The lowest BCUT2D eigenvalue weighted by Gasteiger charge is -1.98. The van der Waals surface area contributed by atoms with Crippen molar-refractivity contribution in [2.75, 3.05) is 7.11 Å². The molecule has 0 heterocycles. The highest BCUT2D eigenvalue weighted by molar-refractivity contribution is 7.80. The predicted molar refractivity (Wildman–Crippen MR) is 57.0 cm³/mol. The minimum Gasteiger partial charge on any atom is -0.726 e. The monoisotopic (exact) mass is 236 g/mol. The van der Waals surface area contributed by atoms with E-state index in [9.17, 15) is 13.0 Å². The standard InChI is InChI=1S/C7H8S.CH4O4S/c8-6-7-4-2-1-3-5-7;1-5-6(2,3)4/h1-5,8H,6H2;1H3,(H,2,3,4). The second kappa shape index (κ2) is 6.83. The Hall–Kier alpha value is -0.560. The van der Waals surface area contributed by atoms with Crippen LogP contribution in [0, 0.1) is 0 Å². The number of hydrogen-bond acceptors (Lipinski definition) is 4. The second-order valence-corrected chi connectivity index (χ2v) is 3.74. The highest BCUT2D eigenvalue weighted by atomic mass is 32.3. The van der Waals surface area contributed by atoms with Gasteiger partial charge in [0, 0.05) is 5.56 Å². The van der Waals surface area contributed by atoms with E-state index in [1.54, 1.807) is 0 Å². The highest BCUT2D eigenvalue weighted by Crippen LogP contribution is 1.96. The summed E-state index contributed by atoms with van der Waals surface area (Å²) in [4.78, 5) is 0. The summed E-state index contributed by atoms with van der Waals surface area (Å²) >= 11 is 3.40. The van der Waals surface area contributed by atoms with Crippen LogP contribution < -0.4 is 0 Å². The van der Waals surface area contributed by atoms with E-state index >= 15 is 0 Å².